The maximum Gasteiger partial charge on any atom is 0.253 e. The van der Waals surface area contributed by atoms with Crippen LogP contribution in [-0.4, -0.2) is 32.2 Å². The number of carbonyl (C=O) groups is 1. The first-order chi connectivity index (χ1) is 8.81. The van der Waals surface area contributed by atoms with Gasteiger partial charge in [0.25, 0.3) is 5.91 Å². The van der Waals surface area contributed by atoms with E-state index in [1.54, 1.807) is 0 Å². The normalized spacial score (nSPS) is 19.3. The number of ether oxygens (including phenoxy) is 1. The molecular weight excluding hydrogens is 228 g/mol. The van der Waals surface area contributed by atoms with Crippen molar-refractivity contribution in [3.63, 3.8) is 0 Å². The Balaban J connectivity index is 1.90. The van der Waals surface area contributed by atoms with Crippen LogP contribution in [-0.2, 0) is 4.74 Å². The average Bonchev–Trinajstić information content (AvgIpc) is 2.45. The molecule has 1 aromatic carbocycles. The standard InChI is InChI=1S/C14H20N2O2/c1-15-13-8-3-2-7-12(13)14(17)16-10-11-6-4-5-9-18-11/h2-3,7-8,11,15H,4-6,9-10H2,1H3,(H,16,17). The van der Waals surface area contributed by atoms with Gasteiger partial charge in [-0.2, -0.15) is 0 Å². The molecule has 1 fully saturated rings. The van der Waals surface area contributed by atoms with Gasteiger partial charge in [0.15, 0.2) is 0 Å². The van der Waals surface area contributed by atoms with Crippen molar-refractivity contribution < 1.29 is 9.53 Å². The van der Waals surface area contributed by atoms with Gasteiger partial charge >= 0.3 is 0 Å². The van der Waals surface area contributed by atoms with Crippen LogP contribution in [0.5, 0.6) is 0 Å². The number of hydrogen-bond acceptors (Lipinski definition) is 3. The summed E-state index contributed by atoms with van der Waals surface area (Å²) in [7, 11) is 1.82. The van der Waals surface area contributed by atoms with E-state index in [2.05, 4.69) is 10.6 Å². The second kappa shape index (κ2) is 6.40. The second-order valence-electron chi connectivity index (χ2n) is 4.49. The minimum absolute atomic E-state index is 0.0471. The summed E-state index contributed by atoms with van der Waals surface area (Å²) in [5.74, 6) is -0.0471. The number of nitrogens with one attached hydrogen (secondary N) is 2. The number of anilines is 1. The van der Waals surface area contributed by atoms with Crippen molar-refractivity contribution in [2.75, 3.05) is 25.5 Å². The molecule has 0 aliphatic carbocycles. The van der Waals surface area contributed by atoms with E-state index in [0.717, 1.165) is 25.1 Å². The molecule has 0 radical (unpaired) electrons. The van der Waals surface area contributed by atoms with Gasteiger partial charge in [-0.1, -0.05) is 12.1 Å². The summed E-state index contributed by atoms with van der Waals surface area (Å²) in [6.07, 6.45) is 3.53. The summed E-state index contributed by atoms with van der Waals surface area (Å²) >= 11 is 0. The Morgan fingerprint density at radius 1 is 1.39 bits per heavy atom. The van der Waals surface area contributed by atoms with Crippen molar-refractivity contribution in [2.45, 2.75) is 25.4 Å². The molecule has 1 amide bonds. The molecule has 1 heterocycles. The highest BCUT2D eigenvalue weighted by atomic mass is 16.5. The number of benzene rings is 1. The molecular formula is C14H20N2O2. The molecule has 0 spiro atoms. The molecule has 1 aliphatic heterocycles. The van der Waals surface area contributed by atoms with Crippen molar-refractivity contribution >= 4 is 11.6 Å². The van der Waals surface area contributed by atoms with E-state index in [1.807, 2.05) is 31.3 Å². The quantitative estimate of drug-likeness (QED) is 0.857. The largest absolute Gasteiger partial charge is 0.387 e. The molecule has 18 heavy (non-hydrogen) atoms. The fraction of sp³-hybridized carbons (Fsp3) is 0.500. The van der Waals surface area contributed by atoms with Crippen LogP contribution >= 0.6 is 0 Å². The maximum atomic E-state index is 12.1. The van der Waals surface area contributed by atoms with Crippen LogP contribution in [0.25, 0.3) is 0 Å². The van der Waals surface area contributed by atoms with Gasteiger partial charge in [0.2, 0.25) is 0 Å². The highest BCUT2D eigenvalue weighted by Crippen LogP contribution is 2.15. The van der Waals surface area contributed by atoms with Gasteiger partial charge in [-0.3, -0.25) is 4.79 Å². The molecule has 1 atom stereocenters. The fourth-order valence-electron chi connectivity index (χ4n) is 2.17. The predicted molar refractivity (Wildman–Crippen MR) is 71.9 cm³/mol. The Morgan fingerprint density at radius 3 is 2.94 bits per heavy atom. The third-order valence-corrected chi connectivity index (χ3v) is 3.21. The molecule has 1 aromatic rings. The van der Waals surface area contributed by atoms with Crippen LogP contribution in [0.1, 0.15) is 29.6 Å². The number of hydrogen-bond donors (Lipinski definition) is 2. The Morgan fingerprint density at radius 2 is 2.22 bits per heavy atom. The van der Waals surface area contributed by atoms with Crippen LogP contribution in [0, 0.1) is 0 Å². The van der Waals surface area contributed by atoms with E-state index < -0.39 is 0 Å². The zero-order valence-corrected chi connectivity index (χ0v) is 10.7. The zero-order chi connectivity index (χ0) is 12.8. The molecule has 1 unspecified atom stereocenters. The van der Waals surface area contributed by atoms with E-state index in [9.17, 15) is 4.79 Å². The molecule has 4 heteroatoms. The van der Waals surface area contributed by atoms with E-state index in [0.29, 0.717) is 12.1 Å². The van der Waals surface area contributed by atoms with Crippen LogP contribution in [0.15, 0.2) is 24.3 Å². The fourth-order valence-corrected chi connectivity index (χ4v) is 2.17. The number of rotatable bonds is 4. The summed E-state index contributed by atoms with van der Waals surface area (Å²) in [6, 6.07) is 7.49. The summed E-state index contributed by atoms with van der Waals surface area (Å²) in [5, 5.41) is 5.96. The van der Waals surface area contributed by atoms with Crippen molar-refractivity contribution in [1.29, 1.82) is 0 Å². The number of carbonyl (C=O) groups excluding carboxylic acids is 1. The molecule has 1 saturated heterocycles. The Labute approximate surface area is 108 Å². The molecule has 1 aliphatic rings. The first kappa shape index (κ1) is 12.9. The molecule has 4 nitrogen and oxygen atoms in total. The van der Waals surface area contributed by atoms with E-state index in [4.69, 9.17) is 4.74 Å². The second-order valence-corrected chi connectivity index (χ2v) is 4.49. The van der Waals surface area contributed by atoms with Crippen molar-refractivity contribution in [1.82, 2.24) is 5.32 Å². The number of amides is 1. The first-order valence-electron chi connectivity index (χ1n) is 6.48. The summed E-state index contributed by atoms with van der Waals surface area (Å²) in [5.41, 5.74) is 1.52. The summed E-state index contributed by atoms with van der Waals surface area (Å²) < 4.78 is 5.59. The molecule has 2 rings (SSSR count). The predicted octanol–water partition coefficient (Wildman–Crippen LogP) is 2.03. The van der Waals surface area contributed by atoms with Crippen LogP contribution in [0.2, 0.25) is 0 Å². The van der Waals surface area contributed by atoms with Gasteiger partial charge in [0.1, 0.15) is 0 Å². The molecule has 0 saturated carbocycles. The Bertz CT molecular complexity index is 401. The molecule has 2 N–H and O–H groups in total. The van der Waals surface area contributed by atoms with Crippen LogP contribution in [0.4, 0.5) is 5.69 Å². The van der Waals surface area contributed by atoms with Crippen molar-refractivity contribution in [2.24, 2.45) is 0 Å². The lowest BCUT2D eigenvalue weighted by atomic mass is 10.1. The smallest absolute Gasteiger partial charge is 0.253 e. The van der Waals surface area contributed by atoms with Gasteiger partial charge in [-0.15, -0.1) is 0 Å². The maximum absolute atomic E-state index is 12.1. The Hall–Kier alpha value is -1.55. The molecule has 0 aromatic heterocycles. The van der Waals surface area contributed by atoms with Crippen LogP contribution in [0.3, 0.4) is 0 Å². The minimum Gasteiger partial charge on any atom is -0.387 e. The minimum atomic E-state index is -0.0471. The third kappa shape index (κ3) is 3.23. The van der Waals surface area contributed by atoms with Gasteiger partial charge in [0, 0.05) is 25.9 Å². The first-order valence-corrected chi connectivity index (χ1v) is 6.48. The van der Waals surface area contributed by atoms with Gasteiger partial charge in [-0.25, -0.2) is 0 Å². The lowest BCUT2D eigenvalue weighted by Crippen LogP contribution is -2.35. The van der Waals surface area contributed by atoms with Gasteiger partial charge in [-0.05, 0) is 31.4 Å². The SMILES string of the molecule is CNc1ccccc1C(=O)NCC1CCCCO1. The number of para-hydroxylation sites is 1. The highest BCUT2D eigenvalue weighted by Gasteiger charge is 2.16. The van der Waals surface area contributed by atoms with Gasteiger partial charge in [0.05, 0.1) is 11.7 Å². The summed E-state index contributed by atoms with van der Waals surface area (Å²) in [4.78, 5) is 12.1. The monoisotopic (exact) mass is 248 g/mol. The van der Waals surface area contributed by atoms with E-state index in [1.165, 1.54) is 6.42 Å². The van der Waals surface area contributed by atoms with Crippen molar-refractivity contribution in [3.05, 3.63) is 29.8 Å². The van der Waals surface area contributed by atoms with Crippen LogP contribution < -0.4 is 10.6 Å². The topological polar surface area (TPSA) is 50.4 Å². The van der Waals surface area contributed by atoms with E-state index >= 15 is 0 Å². The zero-order valence-electron chi connectivity index (χ0n) is 10.7. The van der Waals surface area contributed by atoms with E-state index in [-0.39, 0.29) is 12.0 Å². The Kier molecular flexibility index (Phi) is 4.59. The molecule has 98 valence electrons. The van der Waals surface area contributed by atoms with Crippen molar-refractivity contribution in [3.8, 4) is 0 Å². The summed E-state index contributed by atoms with van der Waals surface area (Å²) in [6.45, 7) is 1.41. The highest BCUT2D eigenvalue weighted by molar-refractivity contribution is 5.99. The average molecular weight is 248 g/mol. The molecule has 0 bridgehead atoms. The third-order valence-electron chi connectivity index (χ3n) is 3.21. The lowest BCUT2D eigenvalue weighted by molar-refractivity contribution is 0.0169. The lowest BCUT2D eigenvalue weighted by Gasteiger charge is -2.22. The van der Waals surface area contributed by atoms with Gasteiger partial charge < -0.3 is 15.4 Å².